The van der Waals surface area contributed by atoms with Crippen LogP contribution in [-0.4, -0.2) is 43.9 Å². The van der Waals surface area contributed by atoms with Crippen molar-refractivity contribution in [3.63, 3.8) is 0 Å². The molecule has 1 saturated heterocycles. The Morgan fingerprint density at radius 2 is 1.94 bits per heavy atom. The van der Waals surface area contributed by atoms with Crippen LogP contribution in [0.4, 0.5) is 5.13 Å². The molecular weight excluding hydrogens is 412 g/mol. The minimum absolute atomic E-state index is 0.185. The predicted octanol–water partition coefficient (Wildman–Crippen LogP) is 4.90. The Bertz CT molecular complexity index is 1260. The van der Waals surface area contributed by atoms with Crippen molar-refractivity contribution in [1.29, 1.82) is 0 Å². The fourth-order valence-corrected chi connectivity index (χ4v) is 4.83. The number of nitrogens with zero attached hydrogens (tertiary/aromatic N) is 2. The molecule has 3 aromatic carbocycles. The maximum absolute atomic E-state index is 13.1. The Hall–Kier alpha value is -3.32. The number of carbonyl (C=O) groups excluding carboxylic acids is 1. The van der Waals surface area contributed by atoms with E-state index < -0.39 is 0 Å². The first-order valence-corrected chi connectivity index (χ1v) is 11.0. The molecule has 2 heterocycles. The summed E-state index contributed by atoms with van der Waals surface area (Å²) in [7, 11) is 1.65. The number of methoxy groups -OCH3 is 1. The first-order chi connectivity index (χ1) is 15.2. The number of carbonyl (C=O) groups is 1. The highest BCUT2D eigenvalue weighted by Crippen LogP contribution is 2.36. The van der Waals surface area contributed by atoms with Gasteiger partial charge in [-0.2, -0.15) is 0 Å². The van der Waals surface area contributed by atoms with Crippen molar-refractivity contribution in [2.45, 2.75) is 13.0 Å². The van der Waals surface area contributed by atoms with Crippen LogP contribution in [0.15, 0.2) is 54.6 Å². The molecule has 158 valence electrons. The highest BCUT2D eigenvalue weighted by atomic mass is 32.1. The monoisotopic (exact) mass is 434 g/mol. The minimum atomic E-state index is -0.351. The van der Waals surface area contributed by atoms with E-state index in [0.29, 0.717) is 31.0 Å². The average Bonchev–Trinajstić information content (AvgIpc) is 3.19. The lowest BCUT2D eigenvalue weighted by Gasteiger charge is -2.38. The fraction of sp³-hybridized carbons (Fsp3) is 0.250. The molecular formula is C24H22N2O4S. The summed E-state index contributed by atoms with van der Waals surface area (Å²) in [5.41, 5.74) is 1.35. The molecule has 6 nitrogen and oxygen atoms in total. The maximum atomic E-state index is 13.1. The van der Waals surface area contributed by atoms with Crippen molar-refractivity contribution < 1.29 is 19.0 Å². The Morgan fingerprint density at radius 1 is 1.10 bits per heavy atom. The van der Waals surface area contributed by atoms with Crippen molar-refractivity contribution >= 4 is 43.4 Å². The molecule has 0 bridgehead atoms. The molecule has 5 rings (SSSR count). The van der Waals surface area contributed by atoms with E-state index in [0.717, 1.165) is 31.9 Å². The van der Waals surface area contributed by atoms with Crippen LogP contribution < -0.4 is 14.4 Å². The van der Waals surface area contributed by atoms with Crippen LogP contribution in [-0.2, 0) is 4.74 Å². The van der Waals surface area contributed by atoms with Gasteiger partial charge in [-0.05, 0) is 35.9 Å². The lowest BCUT2D eigenvalue weighted by Crippen LogP contribution is -2.53. The lowest BCUT2D eigenvalue weighted by molar-refractivity contribution is 0.0233. The van der Waals surface area contributed by atoms with Crippen molar-refractivity contribution in [1.82, 2.24) is 4.98 Å². The summed E-state index contributed by atoms with van der Waals surface area (Å²) in [6.07, 6.45) is -0.185. The fourth-order valence-electron chi connectivity index (χ4n) is 3.83. The quantitative estimate of drug-likeness (QED) is 0.402. The van der Waals surface area contributed by atoms with Crippen LogP contribution in [0.3, 0.4) is 0 Å². The van der Waals surface area contributed by atoms with Gasteiger partial charge in [-0.25, -0.2) is 9.78 Å². The Morgan fingerprint density at radius 3 is 2.74 bits per heavy atom. The van der Waals surface area contributed by atoms with Crippen LogP contribution in [0.2, 0.25) is 0 Å². The zero-order chi connectivity index (χ0) is 21.4. The van der Waals surface area contributed by atoms with Gasteiger partial charge in [0.2, 0.25) is 0 Å². The van der Waals surface area contributed by atoms with E-state index >= 15 is 0 Å². The number of aromatic nitrogens is 1. The number of thiazole rings is 1. The molecule has 7 heteroatoms. The first kappa shape index (κ1) is 19.6. The Labute approximate surface area is 184 Å². The van der Waals surface area contributed by atoms with Crippen LogP contribution >= 0.6 is 11.3 Å². The van der Waals surface area contributed by atoms with E-state index in [4.69, 9.17) is 19.2 Å². The van der Waals surface area contributed by atoms with Crippen molar-refractivity contribution in [3.8, 4) is 11.5 Å². The number of hydrogen-bond acceptors (Lipinski definition) is 7. The SMILES string of the molecule is CCOc1ccc2ccccc2c1C(=O)OC1CN(c2nc3c(OC)cccc3s2)C1. The van der Waals surface area contributed by atoms with Gasteiger partial charge in [0.15, 0.2) is 5.13 Å². The summed E-state index contributed by atoms with van der Waals surface area (Å²) in [6, 6.07) is 17.5. The van der Waals surface area contributed by atoms with Crippen LogP contribution in [0, 0.1) is 0 Å². The molecule has 4 aromatic rings. The molecule has 0 N–H and O–H groups in total. The van der Waals surface area contributed by atoms with Crippen LogP contribution in [0.1, 0.15) is 17.3 Å². The maximum Gasteiger partial charge on any atom is 0.342 e. The second kappa shape index (κ2) is 8.07. The molecule has 0 aliphatic carbocycles. The number of hydrogen-bond donors (Lipinski definition) is 0. The smallest absolute Gasteiger partial charge is 0.342 e. The number of esters is 1. The Kier molecular flexibility index (Phi) is 5.11. The van der Waals surface area contributed by atoms with Gasteiger partial charge in [-0.3, -0.25) is 0 Å². The standard InChI is InChI=1S/C24H22N2O4S/c1-3-29-18-12-11-15-7-4-5-8-17(15)21(18)23(27)30-16-13-26(14-16)24-25-22-19(28-2)9-6-10-20(22)31-24/h4-12,16H,3,13-14H2,1-2H3. The summed E-state index contributed by atoms with van der Waals surface area (Å²) >= 11 is 1.61. The van der Waals surface area contributed by atoms with Gasteiger partial charge in [0.1, 0.15) is 28.7 Å². The van der Waals surface area contributed by atoms with Gasteiger partial charge >= 0.3 is 5.97 Å². The molecule has 0 amide bonds. The molecule has 1 fully saturated rings. The molecule has 31 heavy (non-hydrogen) atoms. The number of rotatable bonds is 6. The number of benzene rings is 3. The topological polar surface area (TPSA) is 60.9 Å². The van der Waals surface area contributed by atoms with E-state index in [-0.39, 0.29) is 12.1 Å². The number of para-hydroxylation sites is 1. The van der Waals surface area contributed by atoms with Gasteiger partial charge < -0.3 is 19.1 Å². The zero-order valence-electron chi connectivity index (χ0n) is 17.3. The van der Waals surface area contributed by atoms with E-state index in [2.05, 4.69) is 4.90 Å². The summed E-state index contributed by atoms with van der Waals surface area (Å²) in [5, 5.41) is 2.73. The molecule has 1 aromatic heterocycles. The second-order valence-electron chi connectivity index (χ2n) is 7.33. The summed E-state index contributed by atoms with van der Waals surface area (Å²) in [5.74, 6) is 0.972. The lowest BCUT2D eigenvalue weighted by atomic mass is 10.0. The number of anilines is 1. The third kappa shape index (κ3) is 3.55. The van der Waals surface area contributed by atoms with Gasteiger partial charge in [-0.15, -0.1) is 0 Å². The zero-order valence-corrected chi connectivity index (χ0v) is 18.1. The summed E-state index contributed by atoms with van der Waals surface area (Å²) in [6.45, 7) is 3.61. The summed E-state index contributed by atoms with van der Waals surface area (Å²) in [4.78, 5) is 19.9. The molecule has 0 spiro atoms. The number of ether oxygens (including phenoxy) is 3. The predicted molar refractivity (Wildman–Crippen MR) is 123 cm³/mol. The molecule has 1 aliphatic heterocycles. The van der Waals surface area contributed by atoms with Gasteiger partial charge in [0, 0.05) is 0 Å². The second-order valence-corrected chi connectivity index (χ2v) is 8.34. The molecule has 0 radical (unpaired) electrons. The van der Waals surface area contributed by atoms with Crippen LogP contribution in [0.25, 0.3) is 21.0 Å². The van der Waals surface area contributed by atoms with Crippen LogP contribution in [0.5, 0.6) is 11.5 Å². The highest BCUT2D eigenvalue weighted by Gasteiger charge is 2.33. The molecule has 0 saturated carbocycles. The number of fused-ring (bicyclic) bond motifs is 2. The van der Waals surface area contributed by atoms with Crippen molar-refractivity contribution in [3.05, 3.63) is 60.2 Å². The van der Waals surface area contributed by atoms with Gasteiger partial charge in [-0.1, -0.05) is 47.7 Å². The highest BCUT2D eigenvalue weighted by molar-refractivity contribution is 7.22. The Balaban J connectivity index is 1.33. The molecule has 0 unspecified atom stereocenters. The van der Waals surface area contributed by atoms with E-state index in [1.807, 2.05) is 61.5 Å². The van der Waals surface area contributed by atoms with Gasteiger partial charge in [0.25, 0.3) is 0 Å². The average molecular weight is 435 g/mol. The summed E-state index contributed by atoms with van der Waals surface area (Å²) < 4.78 is 18.0. The molecule has 1 aliphatic rings. The third-order valence-electron chi connectivity index (χ3n) is 5.38. The molecule has 0 atom stereocenters. The van der Waals surface area contributed by atoms with E-state index in [1.165, 1.54) is 0 Å². The van der Waals surface area contributed by atoms with E-state index in [9.17, 15) is 4.79 Å². The largest absolute Gasteiger partial charge is 0.494 e. The third-order valence-corrected chi connectivity index (χ3v) is 6.46. The van der Waals surface area contributed by atoms with Crippen molar-refractivity contribution in [2.75, 3.05) is 31.7 Å². The van der Waals surface area contributed by atoms with Gasteiger partial charge in [0.05, 0.1) is 31.5 Å². The minimum Gasteiger partial charge on any atom is -0.494 e. The first-order valence-electron chi connectivity index (χ1n) is 10.2. The normalized spacial score (nSPS) is 13.9. The van der Waals surface area contributed by atoms with E-state index in [1.54, 1.807) is 18.4 Å². The van der Waals surface area contributed by atoms with Crippen molar-refractivity contribution in [2.24, 2.45) is 0 Å².